The van der Waals surface area contributed by atoms with Crippen LogP contribution in [0.5, 0.6) is 5.75 Å². The maximum absolute atomic E-state index is 13.6. The Bertz CT molecular complexity index is 1510. The lowest BCUT2D eigenvalue weighted by Crippen LogP contribution is -2.49. The summed E-state index contributed by atoms with van der Waals surface area (Å²) in [6, 6.07) is 11.1. The van der Waals surface area contributed by atoms with Gasteiger partial charge in [0.05, 0.1) is 29.3 Å². The number of nitrogens with zero attached hydrogens (tertiary/aromatic N) is 4. The van der Waals surface area contributed by atoms with Gasteiger partial charge in [0.15, 0.2) is 0 Å². The molecule has 0 atom stereocenters. The second-order valence-electron chi connectivity index (χ2n) is 10.0. The zero-order chi connectivity index (χ0) is 28.5. The highest BCUT2D eigenvalue weighted by Gasteiger charge is 2.32. The minimum Gasteiger partial charge on any atom is -0.483 e. The summed E-state index contributed by atoms with van der Waals surface area (Å²) in [5, 5.41) is 4.19. The van der Waals surface area contributed by atoms with E-state index in [4.69, 9.17) is 10.5 Å². The van der Waals surface area contributed by atoms with Crippen molar-refractivity contribution in [3.63, 3.8) is 0 Å². The number of hydrogen-bond donors (Lipinski definition) is 1. The Morgan fingerprint density at radius 3 is 2.33 bits per heavy atom. The molecule has 2 fully saturated rings. The van der Waals surface area contributed by atoms with Crippen molar-refractivity contribution in [2.45, 2.75) is 43.7 Å². The van der Waals surface area contributed by atoms with Crippen LogP contribution in [0.4, 0.5) is 24.5 Å². The predicted octanol–water partition coefficient (Wildman–Crippen LogP) is 3.81. The molecule has 2 aliphatic rings. The first kappa shape index (κ1) is 28.0. The van der Waals surface area contributed by atoms with E-state index in [0.717, 1.165) is 42.5 Å². The first-order valence-electron chi connectivity index (χ1n) is 13.0. The van der Waals surface area contributed by atoms with E-state index in [2.05, 4.69) is 5.10 Å². The molecule has 0 amide bonds. The third-order valence-corrected chi connectivity index (χ3v) is 9.07. The molecule has 5 rings (SSSR count). The number of ether oxygens (including phenoxy) is 1. The molecule has 2 aromatic carbocycles. The maximum atomic E-state index is 13.6. The van der Waals surface area contributed by atoms with Crippen LogP contribution >= 0.6 is 0 Å². The van der Waals surface area contributed by atoms with Gasteiger partial charge in [0.25, 0.3) is 0 Å². The maximum Gasteiger partial charge on any atom is 0.416 e. The minimum absolute atomic E-state index is 0.0116. The van der Waals surface area contributed by atoms with Crippen molar-refractivity contribution >= 4 is 21.4 Å². The molecule has 13 heteroatoms. The average molecular weight is 578 g/mol. The van der Waals surface area contributed by atoms with E-state index in [-0.39, 0.29) is 49.5 Å². The number of halogens is 3. The molecule has 9 nitrogen and oxygen atoms in total. The third kappa shape index (κ3) is 6.09. The summed E-state index contributed by atoms with van der Waals surface area (Å²) in [6.07, 6.45) is 0.0881. The van der Waals surface area contributed by atoms with Gasteiger partial charge in [-0.15, -0.1) is 0 Å². The first-order chi connectivity index (χ1) is 19.0. The van der Waals surface area contributed by atoms with Crippen molar-refractivity contribution in [1.82, 2.24) is 14.1 Å². The minimum atomic E-state index is -4.57. The number of nitrogens with two attached hydrogens (primary N) is 1. The van der Waals surface area contributed by atoms with Gasteiger partial charge >= 0.3 is 11.7 Å². The quantitative estimate of drug-likeness (QED) is 0.425. The van der Waals surface area contributed by atoms with Crippen molar-refractivity contribution < 1.29 is 26.3 Å². The summed E-state index contributed by atoms with van der Waals surface area (Å²) < 4.78 is 74.5. The number of anilines is 2. The zero-order valence-electron chi connectivity index (χ0n) is 21.7. The van der Waals surface area contributed by atoms with Crippen LogP contribution in [-0.2, 0) is 22.0 Å². The van der Waals surface area contributed by atoms with Gasteiger partial charge in [0.2, 0.25) is 15.8 Å². The van der Waals surface area contributed by atoms with Crippen molar-refractivity contribution in [3.05, 3.63) is 76.2 Å². The molecule has 1 aliphatic heterocycles. The molecule has 2 N–H and O–H groups in total. The molecule has 1 aliphatic carbocycles. The number of piperazine rings is 1. The molecule has 40 heavy (non-hydrogen) atoms. The first-order valence-corrected chi connectivity index (χ1v) is 14.7. The third-order valence-electron chi connectivity index (χ3n) is 7.22. The zero-order valence-corrected chi connectivity index (χ0v) is 22.5. The van der Waals surface area contributed by atoms with Gasteiger partial charge in [0, 0.05) is 31.9 Å². The summed E-state index contributed by atoms with van der Waals surface area (Å²) in [5.41, 5.74) is 5.69. The summed E-state index contributed by atoms with van der Waals surface area (Å²) in [6.45, 7) is 0.959. The van der Waals surface area contributed by atoms with E-state index in [9.17, 15) is 26.4 Å². The molecule has 0 bridgehead atoms. The van der Waals surface area contributed by atoms with Crippen molar-refractivity contribution in [2.75, 3.05) is 36.8 Å². The van der Waals surface area contributed by atoms with E-state index < -0.39 is 27.3 Å². The Morgan fingerprint density at radius 2 is 1.68 bits per heavy atom. The van der Waals surface area contributed by atoms with Gasteiger partial charge in [0.1, 0.15) is 5.69 Å². The van der Waals surface area contributed by atoms with Crippen LogP contribution in [0, 0.1) is 0 Å². The molecular weight excluding hydrogens is 547 g/mol. The van der Waals surface area contributed by atoms with Gasteiger partial charge in [-0.05, 0) is 61.6 Å². The van der Waals surface area contributed by atoms with E-state index in [0.29, 0.717) is 16.9 Å². The Hall–Kier alpha value is -3.58. The van der Waals surface area contributed by atoms with Crippen LogP contribution in [0.1, 0.15) is 36.8 Å². The van der Waals surface area contributed by atoms with E-state index >= 15 is 0 Å². The Morgan fingerprint density at radius 1 is 1.00 bits per heavy atom. The highest BCUT2D eigenvalue weighted by atomic mass is 32.2. The number of sulfonamides is 1. The Labute approximate surface area is 230 Å². The SMILES string of the molecule is Nc1ccc(CS(=O)(=O)N2CCN(c3cnn(-c4cccc(C(F)(F)F)c4)c(=O)c3OC3CCCC3)CC2)cc1. The number of nitrogen functional groups attached to an aromatic ring is 1. The summed E-state index contributed by atoms with van der Waals surface area (Å²) in [5.74, 6) is -0.143. The van der Waals surface area contributed by atoms with E-state index in [1.54, 1.807) is 24.3 Å². The molecule has 0 unspecified atom stereocenters. The van der Waals surface area contributed by atoms with Crippen LogP contribution in [0.15, 0.2) is 59.5 Å². The van der Waals surface area contributed by atoms with Gasteiger partial charge in [-0.3, -0.25) is 4.79 Å². The summed E-state index contributed by atoms with van der Waals surface area (Å²) >= 11 is 0. The second-order valence-corrected chi connectivity index (χ2v) is 12.0. The van der Waals surface area contributed by atoms with Gasteiger partial charge in [-0.25, -0.2) is 8.42 Å². The fraction of sp³-hybridized carbons (Fsp3) is 0.407. The molecule has 1 aromatic heterocycles. The summed E-state index contributed by atoms with van der Waals surface area (Å²) in [4.78, 5) is 15.4. The predicted molar refractivity (Wildman–Crippen MR) is 145 cm³/mol. The molecule has 214 valence electrons. The topological polar surface area (TPSA) is 111 Å². The van der Waals surface area contributed by atoms with Gasteiger partial charge < -0.3 is 15.4 Å². The van der Waals surface area contributed by atoms with Crippen LogP contribution in [0.3, 0.4) is 0 Å². The smallest absolute Gasteiger partial charge is 0.416 e. The molecule has 1 saturated heterocycles. The fourth-order valence-corrected chi connectivity index (χ4v) is 6.57. The molecule has 0 spiro atoms. The van der Waals surface area contributed by atoms with E-state index in [1.165, 1.54) is 22.6 Å². The number of rotatable bonds is 7. The highest BCUT2D eigenvalue weighted by molar-refractivity contribution is 7.88. The number of benzene rings is 2. The van der Waals surface area contributed by atoms with Crippen molar-refractivity contribution in [3.8, 4) is 11.4 Å². The Balaban J connectivity index is 1.40. The average Bonchev–Trinajstić information content (AvgIpc) is 3.44. The number of alkyl halides is 3. The summed E-state index contributed by atoms with van der Waals surface area (Å²) in [7, 11) is -3.59. The van der Waals surface area contributed by atoms with Crippen molar-refractivity contribution in [2.24, 2.45) is 0 Å². The van der Waals surface area contributed by atoms with Crippen LogP contribution < -0.4 is 20.9 Å². The van der Waals surface area contributed by atoms with Crippen molar-refractivity contribution in [1.29, 1.82) is 0 Å². The number of hydrogen-bond acceptors (Lipinski definition) is 7. The monoisotopic (exact) mass is 577 g/mol. The molecular formula is C27H30F3N5O4S. The largest absolute Gasteiger partial charge is 0.483 e. The van der Waals surface area contributed by atoms with Gasteiger partial charge in [-0.2, -0.15) is 27.3 Å². The van der Waals surface area contributed by atoms with Crippen LogP contribution in [0.25, 0.3) is 5.69 Å². The van der Waals surface area contributed by atoms with Crippen LogP contribution in [-0.4, -0.2) is 54.8 Å². The van der Waals surface area contributed by atoms with E-state index in [1.807, 2.05) is 4.90 Å². The molecule has 3 aromatic rings. The Kier molecular flexibility index (Phi) is 7.78. The fourth-order valence-electron chi connectivity index (χ4n) is 5.06. The normalized spacial score (nSPS) is 17.3. The molecule has 1 saturated carbocycles. The lowest BCUT2D eigenvalue weighted by atomic mass is 10.2. The lowest BCUT2D eigenvalue weighted by Gasteiger charge is -2.36. The molecule has 0 radical (unpaired) electrons. The highest BCUT2D eigenvalue weighted by Crippen LogP contribution is 2.32. The van der Waals surface area contributed by atoms with Gasteiger partial charge in [-0.1, -0.05) is 18.2 Å². The number of aromatic nitrogens is 2. The van der Waals surface area contributed by atoms with Crippen LogP contribution in [0.2, 0.25) is 0 Å². The standard InChI is InChI=1S/C27H30F3N5O4S/c28-27(29,30)20-4-3-5-22(16-20)35-26(36)25(39-23-6-1-2-7-23)24(17-32-35)33-12-14-34(15-13-33)40(37,38)18-19-8-10-21(31)11-9-19/h3-5,8-11,16-17,23H,1-2,6-7,12-15,18,31H2. The lowest BCUT2D eigenvalue weighted by molar-refractivity contribution is -0.137. The second kappa shape index (κ2) is 11.1. The molecule has 2 heterocycles.